The Morgan fingerprint density at radius 2 is 2.06 bits per heavy atom. The van der Waals surface area contributed by atoms with E-state index in [0.29, 0.717) is 0 Å². The maximum Gasteiger partial charge on any atom is 0.140 e. The third-order valence-corrected chi connectivity index (χ3v) is 3.51. The summed E-state index contributed by atoms with van der Waals surface area (Å²) in [5.41, 5.74) is 4.80. The summed E-state index contributed by atoms with van der Waals surface area (Å²) < 4.78 is 0. The van der Waals surface area contributed by atoms with Crippen LogP contribution in [0, 0.1) is 13.8 Å². The van der Waals surface area contributed by atoms with Crippen LogP contribution in [0.25, 0.3) is 0 Å². The van der Waals surface area contributed by atoms with Crippen molar-refractivity contribution in [2.75, 3.05) is 0 Å². The van der Waals surface area contributed by atoms with Crippen molar-refractivity contribution in [1.82, 2.24) is 0 Å². The highest BCUT2D eigenvalue weighted by Gasteiger charge is 2.32. The summed E-state index contributed by atoms with van der Waals surface area (Å²) >= 11 is 0. The van der Waals surface area contributed by atoms with Gasteiger partial charge in [-0.2, -0.15) is 0 Å². The van der Waals surface area contributed by atoms with Crippen molar-refractivity contribution < 1.29 is 4.84 Å². The van der Waals surface area contributed by atoms with E-state index in [1.54, 1.807) is 0 Å². The van der Waals surface area contributed by atoms with Crippen molar-refractivity contribution in [3.05, 3.63) is 34.9 Å². The summed E-state index contributed by atoms with van der Waals surface area (Å²) in [6.45, 7) is 8.51. The molecule has 0 amide bonds. The molecule has 0 bridgehead atoms. The first-order chi connectivity index (χ1) is 7.54. The summed E-state index contributed by atoms with van der Waals surface area (Å²) in [7, 11) is 0. The van der Waals surface area contributed by atoms with Gasteiger partial charge < -0.3 is 4.84 Å². The van der Waals surface area contributed by atoms with Crippen molar-refractivity contribution >= 4 is 5.71 Å². The summed E-state index contributed by atoms with van der Waals surface area (Å²) in [5, 5.41) is 4.22. The first kappa shape index (κ1) is 11.2. The molecular formula is C14H19NO. The van der Waals surface area contributed by atoms with E-state index in [4.69, 9.17) is 4.84 Å². The normalized spacial score (nSPS) is 24.1. The Balaban J connectivity index is 2.24. The lowest BCUT2D eigenvalue weighted by Crippen LogP contribution is -2.23. The number of oxime groups is 1. The predicted octanol–water partition coefficient (Wildman–Crippen LogP) is 3.60. The largest absolute Gasteiger partial charge is 0.389 e. The highest BCUT2D eigenvalue weighted by molar-refractivity contribution is 6.01. The number of aryl methyl sites for hydroxylation is 2. The van der Waals surface area contributed by atoms with E-state index in [0.717, 1.165) is 18.6 Å². The Kier molecular flexibility index (Phi) is 2.75. The van der Waals surface area contributed by atoms with Crippen molar-refractivity contribution in [3.63, 3.8) is 0 Å². The fourth-order valence-corrected chi connectivity index (χ4v) is 1.85. The molecule has 86 valence electrons. The Morgan fingerprint density at radius 3 is 2.62 bits per heavy atom. The zero-order chi connectivity index (χ0) is 11.8. The van der Waals surface area contributed by atoms with Crippen LogP contribution in [0.1, 0.15) is 43.4 Å². The molecular weight excluding hydrogens is 198 g/mol. The van der Waals surface area contributed by atoms with Gasteiger partial charge in [-0.3, -0.25) is 0 Å². The molecule has 1 aliphatic rings. The molecule has 2 nitrogen and oxygen atoms in total. The summed E-state index contributed by atoms with van der Waals surface area (Å²) in [6.07, 6.45) is 1.90. The number of benzene rings is 1. The smallest absolute Gasteiger partial charge is 0.140 e. The fraction of sp³-hybridized carbons (Fsp3) is 0.500. The second kappa shape index (κ2) is 3.93. The first-order valence-electron chi connectivity index (χ1n) is 5.87. The predicted molar refractivity (Wildman–Crippen MR) is 66.9 cm³/mol. The maximum absolute atomic E-state index is 5.51. The Labute approximate surface area is 97.3 Å². The van der Waals surface area contributed by atoms with Crippen LogP contribution in [-0.4, -0.2) is 11.3 Å². The van der Waals surface area contributed by atoms with Gasteiger partial charge in [0.15, 0.2) is 0 Å². The number of hydrogen-bond acceptors (Lipinski definition) is 2. The van der Waals surface area contributed by atoms with E-state index in [-0.39, 0.29) is 5.60 Å². The minimum atomic E-state index is -0.103. The van der Waals surface area contributed by atoms with E-state index in [1.165, 1.54) is 16.7 Å². The Morgan fingerprint density at radius 1 is 1.31 bits per heavy atom. The minimum Gasteiger partial charge on any atom is -0.389 e. The van der Waals surface area contributed by atoms with E-state index in [1.807, 2.05) is 0 Å². The standard InChI is InChI=1S/C14H19NO/c1-5-14(4)9-13(15-16-14)12-7-6-10(2)11(3)8-12/h6-8H,5,9H2,1-4H3. The SMILES string of the molecule is CCC1(C)CC(c2ccc(C)c(C)c2)=NO1. The van der Waals surface area contributed by atoms with Crippen LogP contribution in [0.2, 0.25) is 0 Å². The molecule has 0 spiro atoms. The maximum atomic E-state index is 5.51. The molecule has 2 heteroatoms. The van der Waals surface area contributed by atoms with Gasteiger partial charge in [0.1, 0.15) is 5.60 Å². The van der Waals surface area contributed by atoms with Gasteiger partial charge in [-0.25, -0.2) is 0 Å². The van der Waals surface area contributed by atoms with Crippen LogP contribution in [0.15, 0.2) is 23.4 Å². The van der Waals surface area contributed by atoms with Gasteiger partial charge in [-0.05, 0) is 49.9 Å². The van der Waals surface area contributed by atoms with Gasteiger partial charge in [-0.1, -0.05) is 24.2 Å². The van der Waals surface area contributed by atoms with Crippen LogP contribution in [0.4, 0.5) is 0 Å². The van der Waals surface area contributed by atoms with Gasteiger partial charge in [-0.15, -0.1) is 0 Å². The molecule has 0 radical (unpaired) electrons. The van der Waals surface area contributed by atoms with E-state index in [9.17, 15) is 0 Å². The lowest BCUT2D eigenvalue weighted by molar-refractivity contribution is -0.00605. The molecule has 1 atom stereocenters. The van der Waals surface area contributed by atoms with Crippen LogP contribution >= 0.6 is 0 Å². The number of hydrogen-bond donors (Lipinski definition) is 0. The average molecular weight is 217 g/mol. The first-order valence-corrected chi connectivity index (χ1v) is 5.87. The summed E-state index contributed by atoms with van der Waals surface area (Å²) in [5.74, 6) is 0. The van der Waals surface area contributed by atoms with Crippen LogP contribution in [0.3, 0.4) is 0 Å². The highest BCUT2D eigenvalue weighted by Crippen LogP contribution is 2.29. The van der Waals surface area contributed by atoms with Crippen molar-refractivity contribution in [1.29, 1.82) is 0 Å². The molecule has 16 heavy (non-hydrogen) atoms. The second-order valence-corrected chi connectivity index (χ2v) is 4.91. The van der Waals surface area contributed by atoms with Crippen molar-refractivity contribution in [3.8, 4) is 0 Å². The molecule has 1 heterocycles. The van der Waals surface area contributed by atoms with Crippen LogP contribution in [0.5, 0.6) is 0 Å². The lowest BCUT2D eigenvalue weighted by atomic mass is 9.93. The van der Waals surface area contributed by atoms with Crippen molar-refractivity contribution in [2.45, 2.75) is 46.1 Å². The van der Waals surface area contributed by atoms with Gasteiger partial charge in [0, 0.05) is 6.42 Å². The van der Waals surface area contributed by atoms with E-state index in [2.05, 4.69) is 51.0 Å². The van der Waals surface area contributed by atoms with Crippen LogP contribution in [-0.2, 0) is 4.84 Å². The van der Waals surface area contributed by atoms with Gasteiger partial charge >= 0.3 is 0 Å². The Hall–Kier alpha value is -1.31. The molecule has 0 aliphatic carbocycles. The van der Waals surface area contributed by atoms with Crippen molar-refractivity contribution in [2.24, 2.45) is 5.16 Å². The molecule has 2 rings (SSSR count). The quantitative estimate of drug-likeness (QED) is 0.741. The number of rotatable bonds is 2. The third-order valence-electron chi connectivity index (χ3n) is 3.51. The fourth-order valence-electron chi connectivity index (χ4n) is 1.85. The van der Waals surface area contributed by atoms with Gasteiger partial charge in [0.25, 0.3) is 0 Å². The topological polar surface area (TPSA) is 21.6 Å². The molecule has 1 aromatic rings. The van der Waals surface area contributed by atoms with Crippen LogP contribution < -0.4 is 0 Å². The number of nitrogens with zero attached hydrogens (tertiary/aromatic N) is 1. The molecule has 0 saturated carbocycles. The highest BCUT2D eigenvalue weighted by atomic mass is 16.7. The van der Waals surface area contributed by atoms with Gasteiger partial charge in [0.05, 0.1) is 5.71 Å². The third kappa shape index (κ3) is 1.97. The molecule has 0 fully saturated rings. The molecule has 0 saturated heterocycles. The lowest BCUT2D eigenvalue weighted by Gasteiger charge is -2.18. The molecule has 0 aromatic heterocycles. The molecule has 1 aliphatic heterocycles. The zero-order valence-electron chi connectivity index (χ0n) is 10.5. The van der Waals surface area contributed by atoms with E-state index < -0.39 is 0 Å². The minimum absolute atomic E-state index is 0.103. The summed E-state index contributed by atoms with van der Waals surface area (Å²) in [6, 6.07) is 6.47. The summed E-state index contributed by atoms with van der Waals surface area (Å²) in [4.78, 5) is 5.51. The second-order valence-electron chi connectivity index (χ2n) is 4.91. The average Bonchev–Trinajstić information content (AvgIpc) is 2.66. The molecule has 1 unspecified atom stereocenters. The van der Waals surface area contributed by atoms with E-state index >= 15 is 0 Å². The monoisotopic (exact) mass is 217 g/mol. The Bertz CT molecular complexity index is 436. The zero-order valence-corrected chi connectivity index (χ0v) is 10.5. The van der Waals surface area contributed by atoms with Gasteiger partial charge in [0.2, 0.25) is 0 Å². The molecule has 1 aromatic carbocycles. The molecule has 0 N–H and O–H groups in total.